The Kier molecular flexibility index (Phi) is 2.49. The molecule has 6 heteroatoms. The first kappa shape index (κ1) is 11.3. The number of aromatic nitrogens is 4. The van der Waals surface area contributed by atoms with Gasteiger partial charge in [0.2, 0.25) is 0 Å². The molecule has 2 heterocycles. The third-order valence-electron chi connectivity index (χ3n) is 2.85. The minimum absolute atomic E-state index is 0.210. The van der Waals surface area contributed by atoms with Crippen LogP contribution in [0, 0.1) is 6.92 Å². The van der Waals surface area contributed by atoms with E-state index in [1.54, 1.807) is 19.3 Å². The van der Waals surface area contributed by atoms with Crippen molar-refractivity contribution in [2.45, 2.75) is 6.92 Å². The molecular weight excluding hydrogens is 244 g/mol. The van der Waals surface area contributed by atoms with Crippen molar-refractivity contribution < 1.29 is 9.90 Å². The van der Waals surface area contributed by atoms with Gasteiger partial charge in [0.05, 0.1) is 5.69 Å². The number of benzene rings is 1. The van der Waals surface area contributed by atoms with Gasteiger partial charge in [-0.3, -0.25) is 4.98 Å². The van der Waals surface area contributed by atoms with Crippen LogP contribution in [0.1, 0.15) is 16.4 Å². The van der Waals surface area contributed by atoms with Crippen LogP contribution in [0.5, 0.6) is 0 Å². The lowest BCUT2D eigenvalue weighted by Gasteiger charge is -2.06. The number of hydrogen-bond donors (Lipinski definition) is 1. The van der Waals surface area contributed by atoms with Crippen LogP contribution < -0.4 is 0 Å². The molecule has 0 bridgehead atoms. The van der Waals surface area contributed by atoms with Crippen molar-refractivity contribution in [2.75, 3.05) is 0 Å². The van der Waals surface area contributed by atoms with Gasteiger partial charge in [0.1, 0.15) is 5.82 Å². The number of pyridine rings is 1. The fourth-order valence-corrected chi connectivity index (χ4v) is 1.99. The maximum absolute atomic E-state index is 10.9. The molecule has 3 aromatic rings. The highest BCUT2D eigenvalue weighted by molar-refractivity contribution is 5.89. The minimum atomic E-state index is -1.14. The van der Waals surface area contributed by atoms with Gasteiger partial charge in [-0.25, -0.2) is 14.5 Å². The van der Waals surface area contributed by atoms with Crippen molar-refractivity contribution in [1.82, 2.24) is 19.7 Å². The number of aryl methyl sites for hydroxylation is 1. The van der Waals surface area contributed by atoms with Crippen LogP contribution in [-0.4, -0.2) is 30.8 Å². The van der Waals surface area contributed by atoms with Gasteiger partial charge in [-0.2, -0.15) is 0 Å². The van der Waals surface area contributed by atoms with E-state index < -0.39 is 5.97 Å². The zero-order valence-electron chi connectivity index (χ0n) is 10.1. The summed E-state index contributed by atoms with van der Waals surface area (Å²) >= 11 is 0. The first-order valence-electron chi connectivity index (χ1n) is 5.67. The molecule has 0 fully saturated rings. The van der Waals surface area contributed by atoms with E-state index >= 15 is 0 Å². The van der Waals surface area contributed by atoms with Gasteiger partial charge in [0.25, 0.3) is 5.82 Å². The fourth-order valence-electron chi connectivity index (χ4n) is 1.99. The number of carboxylic acid groups (broad SMARTS) is 1. The Morgan fingerprint density at radius 1 is 1.32 bits per heavy atom. The lowest BCUT2D eigenvalue weighted by atomic mass is 10.1. The molecule has 6 nitrogen and oxygen atoms in total. The summed E-state index contributed by atoms with van der Waals surface area (Å²) < 4.78 is 1.52. The molecule has 0 spiro atoms. The van der Waals surface area contributed by atoms with E-state index in [9.17, 15) is 4.79 Å². The van der Waals surface area contributed by atoms with Gasteiger partial charge in [0, 0.05) is 17.8 Å². The lowest BCUT2D eigenvalue weighted by Crippen LogP contribution is -2.03. The molecule has 1 N–H and O–H groups in total. The van der Waals surface area contributed by atoms with E-state index in [0.717, 1.165) is 16.5 Å². The molecule has 0 aliphatic heterocycles. The van der Waals surface area contributed by atoms with Crippen LogP contribution >= 0.6 is 0 Å². The number of carbonyl (C=O) groups is 1. The Labute approximate surface area is 108 Å². The third-order valence-corrected chi connectivity index (χ3v) is 2.85. The van der Waals surface area contributed by atoms with Crippen molar-refractivity contribution >= 4 is 16.7 Å². The molecule has 0 amide bonds. The van der Waals surface area contributed by atoms with Crippen molar-refractivity contribution in [2.24, 2.45) is 0 Å². The van der Waals surface area contributed by atoms with E-state index in [1.165, 1.54) is 4.68 Å². The Hall–Kier alpha value is -2.76. The van der Waals surface area contributed by atoms with Crippen LogP contribution in [0.2, 0.25) is 0 Å². The number of aromatic carboxylic acids is 1. The second-order valence-electron chi connectivity index (χ2n) is 4.07. The monoisotopic (exact) mass is 254 g/mol. The number of fused-ring (bicyclic) bond motifs is 1. The average Bonchev–Trinajstić information content (AvgIpc) is 2.80. The summed E-state index contributed by atoms with van der Waals surface area (Å²) in [4.78, 5) is 18.9. The van der Waals surface area contributed by atoms with Crippen LogP contribution in [0.3, 0.4) is 0 Å². The predicted octanol–water partition coefficient (Wildman–Crippen LogP) is 1.82. The van der Waals surface area contributed by atoms with E-state index in [-0.39, 0.29) is 5.82 Å². The topological polar surface area (TPSA) is 80.9 Å². The summed E-state index contributed by atoms with van der Waals surface area (Å²) in [6.07, 6.45) is 3.44. The minimum Gasteiger partial charge on any atom is -0.475 e. The summed E-state index contributed by atoms with van der Waals surface area (Å²) in [5.74, 6) is -0.827. The van der Waals surface area contributed by atoms with Crippen LogP contribution in [0.4, 0.5) is 0 Å². The maximum Gasteiger partial charge on any atom is 0.375 e. The van der Waals surface area contributed by atoms with Gasteiger partial charge in [0.15, 0.2) is 0 Å². The first-order valence-corrected chi connectivity index (χ1v) is 5.67. The van der Waals surface area contributed by atoms with Crippen LogP contribution in [0.15, 0.2) is 36.7 Å². The smallest absolute Gasteiger partial charge is 0.375 e. The quantitative estimate of drug-likeness (QED) is 0.754. The summed E-state index contributed by atoms with van der Waals surface area (Å²) in [6, 6.07) is 7.60. The van der Waals surface area contributed by atoms with E-state index in [0.29, 0.717) is 5.82 Å². The molecule has 0 aliphatic rings. The van der Waals surface area contributed by atoms with Gasteiger partial charge in [-0.1, -0.05) is 12.1 Å². The molecule has 1 aromatic carbocycles. The Morgan fingerprint density at radius 2 is 2.16 bits per heavy atom. The standard InChI is InChI=1S/C13H10N4O2/c1-8-15-12(13(18)19)16-17(8)11-4-2-3-9-5-6-14-7-10(9)11/h2-7H,1H3,(H,18,19). The summed E-state index contributed by atoms with van der Waals surface area (Å²) in [7, 11) is 0. The second-order valence-corrected chi connectivity index (χ2v) is 4.07. The largest absolute Gasteiger partial charge is 0.475 e. The predicted molar refractivity (Wildman–Crippen MR) is 68.4 cm³/mol. The highest BCUT2D eigenvalue weighted by Gasteiger charge is 2.14. The summed E-state index contributed by atoms with van der Waals surface area (Å²) in [5.41, 5.74) is 0.767. The van der Waals surface area contributed by atoms with Crippen molar-refractivity contribution in [3.63, 3.8) is 0 Å². The Bertz CT molecular complexity index is 774. The third kappa shape index (κ3) is 1.83. The molecule has 19 heavy (non-hydrogen) atoms. The molecule has 0 saturated heterocycles. The highest BCUT2D eigenvalue weighted by Crippen LogP contribution is 2.21. The number of nitrogens with zero attached hydrogens (tertiary/aromatic N) is 4. The maximum atomic E-state index is 10.9. The lowest BCUT2D eigenvalue weighted by molar-refractivity contribution is 0.0683. The van der Waals surface area contributed by atoms with E-state index in [1.807, 2.05) is 24.3 Å². The fraction of sp³-hybridized carbons (Fsp3) is 0.0769. The van der Waals surface area contributed by atoms with Crippen LogP contribution in [0.25, 0.3) is 16.5 Å². The number of rotatable bonds is 2. The molecule has 0 aliphatic carbocycles. The Morgan fingerprint density at radius 3 is 2.89 bits per heavy atom. The molecule has 2 aromatic heterocycles. The summed E-state index contributed by atoms with van der Waals surface area (Å²) in [6.45, 7) is 1.72. The highest BCUT2D eigenvalue weighted by atomic mass is 16.4. The number of carboxylic acids is 1. The van der Waals surface area contributed by atoms with Crippen molar-refractivity contribution in [3.8, 4) is 5.69 Å². The van der Waals surface area contributed by atoms with E-state index in [4.69, 9.17) is 5.11 Å². The average molecular weight is 254 g/mol. The zero-order valence-corrected chi connectivity index (χ0v) is 10.1. The molecular formula is C13H10N4O2. The van der Waals surface area contributed by atoms with Crippen molar-refractivity contribution in [3.05, 3.63) is 48.3 Å². The van der Waals surface area contributed by atoms with Crippen molar-refractivity contribution in [1.29, 1.82) is 0 Å². The van der Waals surface area contributed by atoms with Gasteiger partial charge in [-0.05, 0) is 24.4 Å². The van der Waals surface area contributed by atoms with Gasteiger partial charge >= 0.3 is 5.97 Å². The Balaban J connectivity index is 2.27. The zero-order chi connectivity index (χ0) is 13.4. The molecule has 94 valence electrons. The summed E-state index contributed by atoms with van der Waals surface area (Å²) in [5, 5.41) is 14.9. The normalized spacial score (nSPS) is 10.8. The SMILES string of the molecule is Cc1nc(C(=O)O)nn1-c1cccc2ccncc12. The molecule has 3 rings (SSSR count). The van der Waals surface area contributed by atoms with E-state index in [2.05, 4.69) is 15.1 Å². The van der Waals surface area contributed by atoms with Gasteiger partial charge in [-0.15, -0.1) is 5.10 Å². The molecule has 0 unspecified atom stereocenters. The first-order chi connectivity index (χ1) is 9.16. The molecule has 0 atom stereocenters. The van der Waals surface area contributed by atoms with Crippen LogP contribution in [-0.2, 0) is 0 Å². The number of hydrogen-bond acceptors (Lipinski definition) is 4. The molecule has 0 saturated carbocycles. The van der Waals surface area contributed by atoms with Gasteiger partial charge < -0.3 is 5.11 Å². The molecule has 0 radical (unpaired) electrons. The second kappa shape index (κ2) is 4.16.